The fourth-order valence-electron chi connectivity index (χ4n) is 3.42. The molecule has 1 amide bonds. The molecule has 2 N–H and O–H groups in total. The Morgan fingerprint density at radius 3 is 2.88 bits per heavy atom. The molecule has 0 fully saturated rings. The van der Waals surface area contributed by atoms with Crippen molar-refractivity contribution in [3.63, 3.8) is 0 Å². The summed E-state index contributed by atoms with van der Waals surface area (Å²) in [5, 5.41) is 10.3. The van der Waals surface area contributed by atoms with Gasteiger partial charge in [-0.3, -0.25) is 9.89 Å². The summed E-state index contributed by atoms with van der Waals surface area (Å²) >= 11 is 0. The minimum absolute atomic E-state index is 0.0600. The van der Waals surface area contributed by atoms with Gasteiger partial charge in [0.1, 0.15) is 0 Å². The van der Waals surface area contributed by atoms with Crippen LogP contribution in [0.3, 0.4) is 0 Å². The molecule has 0 aliphatic heterocycles. The Labute approximate surface area is 143 Å². The van der Waals surface area contributed by atoms with E-state index in [2.05, 4.69) is 58.5 Å². The minimum atomic E-state index is -0.0600. The van der Waals surface area contributed by atoms with Crippen molar-refractivity contribution in [1.29, 1.82) is 0 Å². The summed E-state index contributed by atoms with van der Waals surface area (Å²) in [5.74, 6) is -0.0600. The van der Waals surface area contributed by atoms with Crippen LogP contribution in [0, 0.1) is 6.92 Å². The number of carbonyl (C=O) groups excluding carboxylic acids is 1. The van der Waals surface area contributed by atoms with Crippen LogP contribution in [0.4, 0.5) is 5.69 Å². The molecule has 5 heteroatoms. The SMILES string of the molecule is CCN(CCNC(=O)c1n[nH]c2c1CCCC2)c1ccccc1C. The number of aromatic nitrogens is 2. The van der Waals surface area contributed by atoms with Gasteiger partial charge in [-0.05, 0) is 51.2 Å². The normalized spacial score (nSPS) is 13.4. The maximum absolute atomic E-state index is 12.4. The Kier molecular flexibility index (Phi) is 5.18. The number of benzene rings is 1. The average molecular weight is 326 g/mol. The lowest BCUT2D eigenvalue weighted by Gasteiger charge is -2.25. The lowest BCUT2D eigenvalue weighted by atomic mass is 9.96. The van der Waals surface area contributed by atoms with Gasteiger partial charge in [0, 0.05) is 36.6 Å². The van der Waals surface area contributed by atoms with Crippen molar-refractivity contribution in [2.45, 2.75) is 39.5 Å². The maximum Gasteiger partial charge on any atom is 0.272 e. The quantitative estimate of drug-likeness (QED) is 0.858. The molecule has 3 rings (SSSR count). The van der Waals surface area contributed by atoms with Gasteiger partial charge in [0.2, 0.25) is 0 Å². The second-order valence-corrected chi connectivity index (χ2v) is 6.36. The summed E-state index contributed by atoms with van der Waals surface area (Å²) in [6, 6.07) is 8.35. The molecule has 1 aromatic carbocycles. The number of aryl methyl sites for hydroxylation is 2. The van der Waals surface area contributed by atoms with E-state index in [4.69, 9.17) is 0 Å². The number of carbonyl (C=O) groups is 1. The van der Waals surface area contributed by atoms with E-state index >= 15 is 0 Å². The van der Waals surface area contributed by atoms with Crippen molar-refractivity contribution in [2.24, 2.45) is 0 Å². The van der Waals surface area contributed by atoms with Crippen molar-refractivity contribution >= 4 is 11.6 Å². The third-order valence-electron chi connectivity index (χ3n) is 4.78. The number of para-hydroxylation sites is 1. The number of aromatic amines is 1. The Balaban J connectivity index is 1.58. The molecular formula is C19H26N4O. The Morgan fingerprint density at radius 1 is 1.29 bits per heavy atom. The summed E-state index contributed by atoms with van der Waals surface area (Å²) < 4.78 is 0. The molecule has 0 bridgehead atoms. The van der Waals surface area contributed by atoms with E-state index in [1.165, 1.54) is 17.7 Å². The van der Waals surface area contributed by atoms with Gasteiger partial charge < -0.3 is 10.2 Å². The van der Waals surface area contributed by atoms with E-state index in [9.17, 15) is 4.79 Å². The Bertz CT molecular complexity index is 707. The topological polar surface area (TPSA) is 61.0 Å². The first-order valence-corrected chi connectivity index (χ1v) is 8.85. The average Bonchev–Trinajstić information content (AvgIpc) is 3.04. The van der Waals surface area contributed by atoms with Crippen LogP contribution in [-0.2, 0) is 12.8 Å². The van der Waals surface area contributed by atoms with E-state index in [0.29, 0.717) is 12.2 Å². The molecule has 1 aliphatic carbocycles. The molecule has 5 nitrogen and oxygen atoms in total. The van der Waals surface area contributed by atoms with Crippen molar-refractivity contribution in [3.05, 3.63) is 46.8 Å². The van der Waals surface area contributed by atoms with Crippen molar-refractivity contribution in [3.8, 4) is 0 Å². The number of hydrogen-bond donors (Lipinski definition) is 2. The molecule has 0 radical (unpaired) electrons. The van der Waals surface area contributed by atoms with Gasteiger partial charge in [0.05, 0.1) is 0 Å². The van der Waals surface area contributed by atoms with Gasteiger partial charge in [0.25, 0.3) is 5.91 Å². The zero-order valence-corrected chi connectivity index (χ0v) is 14.6. The second-order valence-electron chi connectivity index (χ2n) is 6.36. The molecule has 24 heavy (non-hydrogen) atoms. The number of nitrogens with zero attached hydrogens (tertiary/aromatic N) is 2. The summed E-state index contributed by atoms with van der Waals surface area (Å²) in [5.41, 5.74) is 5.33. The highest BCUT2D eigenvalue weighted by Crippen LogP contribution is 2.22. The number of nitrogens with one attached hydrogen (secondary N) is 2. The van der Waals surface area contributed by atoms with Crippen LogP contribution >= 0.6 is 0 Å². The van der Waals surface area contributed by atoms with Gasteiger partial charge in [-0.2, -0.15) is 5.10 Å². The fraction of sp³-hybridized carbons (Fsp3) is 0.474. The van der Waals surface area contributed by atoms with Crippen molar-refractivity contribution < 1.29 is 4.79 Å². The Morgan fingerprint density at radius 2 is 2.08 bits per heavy atom. The van der Waals surface area contributed by atoms with E-state index in [0.717, 1.165) is 43.6 Å². The lowest BCUT2D eigenvalue weighted by Crippen LogP contribution is -2.35. The van der Waals surface area contributed by atoms with Crippen LogP contribution in [0.2, 0.25) is 0 Å². The van der Waals surface area contributed by atoms with Crippen LogP contribution in [0.5, 0.6) is 0 Å². The summed E-state index contributed by atoms with van der Waals surface area (Å²) in [4.78, 5) is 14.7. The van der Waals surface area contributed by atoms with Crippen LogP contribution in [0.15, 0.2) is 24.3 Å². The van der Waals surface area contributed by atoms with Gasteiger partial charge in [-0.25, -0.2) is 0 Å². The third-order valence-corrected chi connectivity index (χ3v) is 4.78. The van der Waals surface area contributed by atoms with E-state index in [-0.39, 0.29) is 5.91 Å². The zero-order chi connectivity index (χ0) is 16.9. The van der Waals surface area contributed by atoms with Crippen molar-refractivity contribution in [2.75, 3.05) is 24.5 Å². The lowest BCUT2D eigenvalue weighted by molar-refractivity contribution is 0.0948. The predicted octanol–water partition coefficient (Wildman–Crippen LogP) is 2.85. The predicted molar refractivity (Wildman–Crippen MR) is 96.6 cm³/mol. The highest BCUT2D eigenvalue weighted by Gasteiger charge is 2.21. The number of hydrogen-bond acceptors (Lipinski definition) is 3. The first kappa shape index (κ1) is 16.6. The number of likely N-dealkylation sites (N-methyl/N-ethyl adjacent to an activating group) is 1. The largest absolute Gasteiger partial charge is 0.370 e. The highest BCUT2D eigenvalue weighted by atomic mass is 16.1. The van der Waals surface area contributed by atoms with E-state index in [1.807, 2.05) is 0 Å². The molecule has 1 aliphatic rings. The highest BCUT2D eigenvalue weighted by molar-refractivity contribution is 5.94. The van der Waals surface area contributed by atoms with Crippen LogP contribution < -0.4 is 10.2 Å². The van der Waals surface area contributed by atoms with E-state index < -0.39 is 0 Å². The molecule has 0 unspecified atom stereocenters. The third kappa shape index (κ3) is 3.45. The van der Waals surface area contributed by atoms with Crippen LogP contribution in [-0.4, -0.2) is 35.7 Å². The molecule has 0 spiro atoms. The van der Waals surface area contributed by atoms with Crippen molar-refractivity contribution in [1.82, 2.24) is 15.5 Å². The standard InChI is InChI=1S/C19H26N4O/c1-3-23(17-11-7-4-8-14(17)2)13-12-20-19(24)18-15-9-5-6-10-16(15)21-22-18/h4,7-8,11H,3,5-6,9-10,12-13H2,1-2H3,(H,20,24)(H,21,22). The molecule has 128 valence electrons. The first-order chi connectivity index (χ1) is 11.7. The molecule has 0 atom stereocenters. The number of anilines is 1. The van der Waals surface area contributed by atoms with E-state index in [1.54, 1.807) is 0 Å². The molecule has 1 heterocycles. The number of rotatable bonds is 6. The Hall–Kier alpha value is -2.30. The number of H-pyrrole nitrogens is 1. The second kappa shape index (κ2) is 7.51. The molecule has 2 aromatic rings. The van der Waals surface area contributed by atoms with Gasteiger partial charge in [-0.15, -0.1) is 0 Å². The number of fused-ring (bicyclic) bond motifs is 1. The number of amides is 1. The maximum atomic E-state index is 12.4. The van der Waals surface area contributed by atoms with Crippen LogP contribution in [0.1, 0.15) is 47.1 Å². The summed E-state index contributed by atoms with van der Waals surface area (Å²) in [6.45, 7) is 6.58. The fourth-order valence-corrected chi connectivity index (χ4v) is 3.42. The zero-order valence-electron chi connectivity index (χ0n) is 14.6. The first-order valence-electron chi connectivity index (χ1n) is 8.85. The molecule has 0 saturated heterocycles. The molecular weight excluding hydrogens is 300 g/mol. The van der Waals surface area contributed by atoms with Gasteiger partial charge in [-0.1, -0.05) is 18.2 Å². The van der Waals surface area contributed by atoms with Crippen LogP contribution in [0.25, 0.3) is 0 Å². The smallest absolute Gasteiger partial charge is 0.272 e. The molecule has 1 aromatic heterocycles. The summed E-state index contributed by atoms with van der Waals surface area (Å²) in [7, 11) is 0. The molecule has 0 saturated carbocycles. The van der Waals surface area contributed by atoms with Gasteiger partial charge in [0.15, 0.2) is 5.69 Å². The summed E-state index contributed by atoms with van der Waals surface area (Å²) in [6.07, 6.45) is 4.28. The monoisotopic (exact) mass is 326 g/mol. The minimum Gasteiger partial charge on any atom is -0.370 e. The van der Waals surface area contributed by atoms with Gasteiger partial charge >= 0.3 is 0 Å².